The number of hydrogen-bond donors (Lipinski definition) is 1. The number of nitrogen functional groups attached to an aromatic ring is 1. The van der Waals surface area contributed by atoms with Gasteiger partial charge >= 0.3 is 0 Å². The Hall–Kier alpha value is -1.95. The Labute approximate surface area is 133 Å². The largest absolute Gasteiger partial charge is 0.382 e. The fourth-order valence-electron chi connectivity index (χ4n) is 3.20. The lowest BCUT2D eigenvalue weighted by atomic mass is 10.1. The van der Waals surface area contributed by atoms with Gasteiger partial charge in [-0.2, -0.15) is 5.10 Å². The zero-order valence-electron chi connectivity index (χ0n) is 12.5. The zero-order valence-corrected chi connectivity index (χ0v) is 13.3. The van der Waals surface area contributed by atoms with Crippen LogP contribution >= 0.6 is 11.3 Å². The molecule has 2 aromatic heterocycles. The number of amides is 1. The summed E-state index contributed by atoms with van der Waals surface area (Å²) in [5.41, 5.74) is 7.71. The van der Waals surface area contributed by atoms with E-state index in [-0.39, 0.29) is 11.8 Å². The molecule has 22 heavy (non-hydrogen) atoms. The fraction of sp³-hybridized carbons (Fsp3) is 0.438. The number of fused-ring (bicyclic) bond motifs is 1. The summed E-state index contributed by atoms with van der Waals surface area (Å²) in [6.07, 6.45) is 1.75. The van der Waals surface area contributed by atoms with Crippen LogP contribution in [0.4, 0.5) is 5.82 Å². The van der Waals surface area contributed by atoms with Gasteiger partial charge in [0.1, 0.15) is 5.82 Å². The van der Waals surface area contributed by atoms with Crippen LogP contribution in [0.5, 0.6) is 0 Å². The number of aryl methyl sites for hydroxylation is 1. The van der Waals surface area contributed by atoms with E-state index >= 15 is 0 Å². The number of nitrogens with zero attached hydrogens (tertiary/aromatic N) is 3. The van der Waals surface area contributed by atoms with E-state index in [4.69, 9.17) is 5.73 Å². The van der Waals surface area contributed by atoms with Crippen LogP contribution in [0.1, 0.15) is 33.4 Å². The van der Waals surface area contributed by atoms with Gasteiger partial charge in [-0.25, -0.2) is 0 Å². The van der Waals surface area contributed by atoms with E-state index in [1.54, 1.807) is 0 Å². The van der Waals surface area contributed by atoms with Crippen molar-refractivity contribution in [2.45, 2.75) is 32.2 Å². The topological polar surface area (TPSA) is 72.1 Å². The van der Waals surface area contributed by atoms with E-state index in [2.05, 4.69) is 29.3 Å². The number of thiophene rings is 1. The first-order chi connectivity index (χ1) is 10.6. The molecule has 0 bridgehead atoms. The Morgan fingerprint density at radius 1 is 1.41 bits per heavy atom. The molecule has 4 rings (SSSR count). The molecule has 0 spiro atoms. The van der Waals surface area contributed by atoms with Gasteiger partial charge in [0.15, 0.2) is 0 Å². The third kappa shape index (κ3) is 2.37. The molecule has 1 aliphatic heterocycles. The van der Waals surface area contributed by atoms with Gasteiger partial charge in [0.25, 0.3) is 0 Å². The molecule has 1 amide bonds. The SMILES string of the molecule is Cc1ccc([C@@H]2C[C@@H]2C(=O)N2CCc3nnc(N)cc3C2)s1. The smallest absolute Gasteiger partial charge is 0.226 e. The predicted molar refractivity (Wildman–Crippen MR) is 85.5 cm³/mol. The van der Waals surface area contributed by atoms with Gasteiger partial charge in [0.2, 0.25) is 5.91 Å². The molecule has 3 heterocycles. The lowest BCUT2D eigenvalue weighted by Gasteiger charge is -2.28. The molecule has 1 aliphatic carbocycles. The van der Waals surface area contributed by atoms with Crippen molar-refractivity contribution >= 4 is 23.1 Å². The molecule has 0 saturated heterocycles. The Morgan fingerprint density at radius 3 is 3.05 bits per heavy atom. The molecular weight excluding hydrogens is 296 g/mol. The Bertz CT molecular complexity index is 741. The van der Waals surface area contributed by atoms with Crippen molar-refractivity contribution < 1.29 is 4.79 Å². The van der Waals surface area contributed by atoms with Gasteiger partial charge < -0.3 is 10.6 Å². The fourth-order valence-corrected chi connectivity index (χ4v) is 4.26. The van der Waals surface area contributed by atoms with Crippen LogP contribution < -0.4 is 5.73 Å². The van der Waals surface area contributed by atoms with E-state index in [1.807, 2.05) is 22.3 Å². The lowest BCUT2D eigenvalue weighted by molar-refractivity contribution is -0.133. The lowest BCUT2D eigenvalue weighted by Crippen LogP contribution is -2.37. The monoisotopic (exact) mass is 314 g/mol. The Kier molecular flexibility index (Phi) is 3.14. The predicted octanol–water partition coefficient (Wildman–Crippen LogP) is 2.12. The first kappa shape index (κ1) is 13.7. The highest BCUT2D eigenvalue weighted by Crippen LogP contribution is 2.50. The highest BCUT2D eigenvalue weighted by Gasteiger charge is 2.46. The third-order valence-electron chi connectivity index (χ3n) is 4.50. The van der Waals surface area contributed by atoms with Crippen molar-refractivity contribution in [1.82, 2.24) is 15.1 Å². The highest BCUT2D eigenvalue weighted by atomic mass is 32.1. The molecule has 0 aromatic carbocycles. The third-order valence-corrected chi connectivity index (χ3v) is 5.64. The summed E-state index contributed by atoms with van der Waals surface area (Å²) in [6.45, 7) is 3.46. The van der Waals surface area contributed by atoms with Gasteiger partial charge in [-0.1, -0.05) is 0 Å². The number of rotatable bonds is 2. The van der Waals surface area contributed by atoms with Crippen molar-refractivity contribution in [2.24, 2.45) is 5.92 Å². The van der Waals surface area contributed by atoms with Crippen molar-refractivity contribution in [3.8, 4) is 0 Å². The molecule has 1 saturated carbocycles. The maximum Gasteiger partial charge on any atom is 0.226 e. The van der Waals surface area contributed by atoms with E-state index in [0.29, 0.717) is 18.3 Å². The van der Waals surface area contributed by atoms with Gasteiger partial charge in [-0.3, -0.25) is 4.79 Å². The number of hydrogen-bond acceptors (Lipinski definition) is 5. The second-order valence-electron chi connectivity index (χ2n) is 6.15. The maximum atomic E-state index is 12.7. The molecule has 114 valence electrons. The minimum atomic E-state index is 0.159. The Balaban J connectivity index is 1.46. The first-order valence-corrected chi connectivity index (χ1v) is 8.39. The van der Waals surface area contributed by atoms with Crippen molar-refractivity contribution in [1.29, 1.82) is 0 Å². The molecule has 1 fully saturated rings. The number of carbonyl (C=O) groups excluding carboxylic acids is 1. The highest BCUT2D eigenvalue weighted by molar-refractivity contribution is 7.12. The first-order valence-electron chi connectivity index (χ1n) is 7.58. The summed E-state index contributed by atoms with van der Waals surface area (Å²) >= 11 is 1.81. The molecule has 0 radical (unpaired) electrons. The number of nitrogens with two attached hydrogens (primary N) is 1. The van der Waals surface area contributed by atoms with Crippen molar-refractivity contribution in [2.75, 3.05) is 12.3 Å². The van der Waals surface area contributed by atoms with E-state index in [9.17, 15) is 4.79 Å². The minimum Gasteiger partial charge on any atom is -0.382 e. The summed E-state index contributed by atoms with van der Waals surface area (Å²) in [7, 11) is 0. The van der Waals surface area contributed by atoms with Gasteiger partial charge in [-0.05, 0) is 37.1 Å². The van der Waals surface area contributed by atoms with Gasteiger partial charge in [-0.15, -0.1) is 16.4 Å². The standard InChI is InChI=1S/C16H18N4OS/c1-9-2-3-14(22-9)11-7-12(11)16(21)20-5-4-13-10(8-20)6-15(17)19-18-13/h2-3,6,11-12H,4-5,7-8H2,1H3,(H2,17,19)/t11-,12+/m1/s1. The summed E-state index contributed by atoms with van der Waals surface area (Å²) in [5.74, 6) is 1.28. The molecular formula is C16H18N4OS. The van der Waals surface area contributed by atoms with E-state index in [1.165, 1.54) is 9.75 Å². The van der Waals surface area contributed by atoms with Crippen molar-refractivity contribution in [3.05, 3.63) is 39.2 Å². The molecule has 6 heteroatoms. The van der Waals surface area contributed by atoms with Crippen LogP contribution in [0, 0.1) is 12.8 Å². The van der Waals surface area contributed by atoms with Gasteiger partial charge in [0.05, 0.1) is 5.69 Å². The van der Waals surface area contributed by atoms with Crippen LogP contribution in [-0.4, -0.2) is 27.5 Å². The Morgan fingerprint density at radius 2 is 2.27 bits per heavy atom. The summed E-state index contributed by atoms with van der Waals surface area (Å²) in [6, 6.07) is 6.15. The average Bonchev–Trinajstić information content (AvgIpc) is 3.20. The number of carbonyl (C=O) groups is 1. The van der Waals surface area contributed by atoms with Crippen molar-refractivity contribution in [3.63, 3.8) is 0 Å². The molecule has 0 unspecified atom stereocenters. The van der Waals surface area contributed by atoms with Crippen LogP contribution in [0.3, 0.4) is 0 Å². The van der Waals surface area contributed by atoms with Gasteiger partial charge in [0, 0.05) is 41.1 Å². The minimum absolute atomic E-state index is 0.159. The maximum absolute atomic E-state index is 12.7. The zero-order chi connectivity index (χ0) is 15.3. The number of anilines is 1. The summed E-state index contributed by atoms with van der Waals surface area (Å²) in [5, 5.41) is 8.02. The molecule has 5 nitrogen and oxygen atoms in total. The normalized spacial score (nSPS) is 23.2. The average molecular weight is 314 g/mol. The quantitative estimate of drug-likeness (QED) is 0.921. The van der Waals surface area contributed by atoms with Crippen LogP contribution in [0.15, 0.2) is 18.2 Å². The summed E-state index contributed by atoms with van der Waals surface area (Å²) in [4.78, 5) is 17.3. The second kappa shape index (κ2) is 5.05. The molecule has 2 aliphatic rings. The number of aromatic nitrogens is 2. The molecule has 2 aromatic rings. The molecule has 2 atom stereocenters. The summed E-state index contributed by atoms with van der Waals surface area (Å²) < 4.78 is 0. The van der Waals surface area contributed by atoms with Crippen LogP contribution in [-0.2, 0) is 17.8 Å². The van der Waals surface area contributed by atoms with E-state index < -0.39 is 0 Å². The van der Waals surface area contributed by atoms with E-state index in [0.717, 1.165) is 30.6 Å². The second-order valence-corrected chi connectivity index (χ2v) is 7.47. The molecule has 2 N–H and O–H groups in total. The van der Waals surface area contributed by atoms with Crippen LogP contribution in [0.25, 0.3) is 0 Å². The van der Waals surface area contributed by atoms with Crippen LogP contribution in [0.2, 0.25) is 0 Å².